The Kier molecular flexibility index (Phi) is 6.49. The van der Waals surface area contributed by atoms with Crippen LogP contribution in [0.2, 0.25) is 0 Å². The van der Waals surface area contributed by atoms with Gasteiger partial charge in [0.1, 0.15) is 11.1 Å². The molecule has 3 amide bonds. The van der Waals surface area contributed by atoms with Crippen LogP contribution in [0.25, 0.3) is 0 Å². The number of carbonyl (C=O) groups is 3. The van der Waals surface area contributed by atoms with Crippen LogP contribution in [-0.2, 0) is 14.3 Å². The lowest BCUT2D eigenvalue weighted by atomic mass is 9.83. The summed E-state index contributed by atoms with van der Waals surface area (Å²) in [6.45, 7) is 16.5. The third-order valence-corrected chi connectivity index (χ3v) is 3.97. The van der Waals surface area contributed by atoms with E-state index in [1.807, 2.05) is 20.8 Å². The molecule has 26 heavy (non-hydrogen) atoms. The van der Waals surface area contributed by atoms with Gasteiger partial charge in [0.15, 0.2) is 0 Å². The molecule has 1 fully saturated rings. The zero-order chi connectivity index (χ0) is 20.3. The molecule has 0 spiro atoms. The summed E-state index contributed by atoms with van der Waals surface area (Å²) < 4.78 is 5.44. The Bertz CT molecular complexity index is 574. The molecule has 7 heteroatoms. The molecule has 1 aliphatic rings. The van der Waals surface area contributed by atoms with Gasteiger partial charge in [0, 0.05) is 24.9 Å². The number of likely N-dealkylation sites (tertiary alicyclic amines) is 1. The van der Waals surface area contributed by atoms with Crippen molar-refractivity contribution < 1.29 is 19.1 Å². The van der Waals surface area contributed by atoms with E-state index in [1.54, 1.807) is 26.8 Å². The Hall–Kier alpha value is -2.05. The van der Waals surface area contributed by atoms with Crippen LogP contribution in [0.1, 0.15) is 54.9 Å². The molecule has 1 aliphatic heterocycles. The van der Waals surface area contributed by atoms with E-state index in [2.05, 4.69) is 17.2 Å². The molecule has 148 valence electrons. The zero-order valence-corrected chi connectivity index (χ0v) is 17.1. The van der Waals surface area contributed by atoms with Gasteiger partial charge in [-0.3, -0.25) is 9.59 Å². The van der Waals surface area contributed by atoms with Crippen molar-refractivity contribution in [1.82, 2.24) is 15.5 Å². The quantitative estimate of drug-likeness (QED) is 0.746. The van der Waals surface area contributed by atoms with E-state index in [1.165, 1.54) is 11.8 Å². The molecule has 0 saturated carbocycles. The van der Waals surface area contributed by atoms with Crippen molar-refractivity contribution in [3.63, 3.8) is 0 Å². The predicted octanol–water partition coefficient (Wildman–Crippen LogP) is 2.22. The van der Waals surface area contributed by atoms with E-state index < -0.39 is 22.8 Å². The number of nitrogens with one attached hydrogen (secondary N) is 2. The summed E-state index contributed by atoms with van der Waals surface area (Å²) in [6, 6.07) is 0. The highest BCUT2D eigenvalue weighted by molar-refractivity contribution is 5.93. The summed E-state index contributed by atoms with van der Waals surface area (Å²) in [7, 11) is 0. The Morgan fingerprint density at radius 2 is 1.81 bits per heavy atom. The number of ether oxygens (including phenoxy) is 1. The molecule has 0 bridgehead atoms. The van der Waals surface area contributed by atoms with E-state index >= 15 is 0 Å². The van der Waals surface area contributed by atoms with Crippen LogP contribution in [0.4, 0.5) is 4.79 Å². The number of nitrogens with zero attached hydrogens (tertiary/aromatic N) is 1. The van der Waals surface area contributed by atoms with Gasteiger partial charge in [-0.25, -0.2) is 4.79 Å². The van der Waals surface area contributed by atoms with Crippen molar-refractivity contribution >= 4 is 17.9 Å². The second-order valence-corrected chi connectivity index (χ2v) is 8.94. The lowest BCUT2D eigenvalue weighted by molar-refractivity contribution is -0.135. The highest BCUT2D eigenvalue weighted by Gasteiger charge is 2.54. The highest BCUT2D eigenvalue weighted by Crippen LogP contribution is 2.33. The summed E-state index contributed by atoms with van der Waals surface area (Å²) in [6.07, 6.45) is 1.68. The van der Waals surface area contributed by atoms with Crippen LogP contribution in [-0.4, -0.2) is 52.6 Å². The van der Waals surface area contributed by atoms with Crippen LogP contribution in [0.3, 0.4) is 0 Å². The van der Waals surface area contributed by atoms with Crippen LogP contribution in [0.5, 0.6) is 0 Å². The number of hydrogen-bond acceptors (Lipinski definition) is 4. The molecule has 0 aliphatic carbocycles. The van der Waals surface area contributed by atoms with Crippen LogP contribution in [0.15, 0.2) is 12.7 Å². The van der Waals surface area contributed by atoms with Crippen LogP contribution in [0, 0.1) is 5.92 Å². The minimum absolute atomic E-state index is 0.0575. The molecule has 0 aromatic heterocycles. The SMILES string of the molecule is C=CC[C@@H]1CN(C(=O)OC(C)(C)C)C[C@]1(NC(C)=O)C(=O)NC(C)(C)C. The molecule has 0 radical (unpaired) electrons. The van der Waals surface area contributed by atoms with Gasteiger partial charge in [-0.15, -0.1) is 6.58 Å². The summed E-state index contributed by atoms with van der Waals surface area (Å²) in [5, 5.41) is 5.75. The van der Waals surface area contributed by atoms with Crippen molar-refractivity contribution in [1.29, 1.82) is 0 Å². The summed E-state index contributed by atoms with van der Waals surface area (Å²) in [4.78, 5) is 39.0. The normalized spacial score (nSPS) is 23.3. The first-order valence-corrected chi connectivity index (χ1v) is 8.90. The fourth-order valence-corrected chi connectivity index (χ4v) is 3.08. The Labute approximate surface area is 156 Å². The van der Waals surface area contributed by atoms with Crippen LogP contribution >= 0.6 is 0 Å². The number of hydrogen-bond donors (Lipinski definition) is 2. The fraction of sp³-hybridized carbons (Fsp3) is 0.737. The molecule has 1 heterocycles. The van der Waals surface area contributed by atoms with E-state index in [9.17, 15) is 14.4 Å². The van der Waals surface area contributed by atoms with Gasteiger partial charge in [0.2, 0.25) is 11.8 Å². The second kappa shape index (κ2) is 7.68. The molecule has 0 unspecified atom stereocenters. The maximum absolute atomic E-state index is 13.1. The van der Waals surface area contributed by atoms with E-state index in [0.29, 0.717) is 13.0 Å². The molecule has 1 rings (SSSR count). The van der Waals surface area contributed by atoms with Gasteiger partial charge in [-0.1, -0.05) is 6.08 Å². The van der Waals surface area contributed by atoms with Gasteiger partial charge >= 0.3 is 6.09 Å². The average molecular weight is 367 g/mol. The van der Waals surface area contributed by atoms with Gasteiger partial charge in [-0.05, 0) is 48.0 Å². The van der Waals surface area contributed by atoms with E-state index in [4.69, 9.17) is 4.74 Å². The monoisotopic (exact) mass is 367 g/mol. The maximum Gasteiger partial charge on any atom is 0.410 e. The minimum Gasteiger partial charge on any atom is -0.444 e. The second-order valence-electron chi connectivity index (χ2n) is 8.94. The van der Waals surface area contributed by atoms with E-state index in [0.717, 1.165) is 0 Å². The van der Waals surface area contributed by atoms with Gasteiger partial charge in [-0.2, -0.15) is 0 Å². The maximum atomic E-state index is 13.1. The predicted molar refractivity (Wildman–Crippen MR) is 101 cm³/mol. The van der Waals surface area contributed by atoms with Crippen molar-refractivity contribution in [3.8, 4) is 0 Å². The number of allylic oxidation sites excluding steroid dienone is 1. The Balaban J connectivity index is 3.22. The molecule has 0 aromatic rings. The van der Waals surface area contributed by atoms with Crippen molar-refractivity contribution in [2.24, 2.45) is 5.92 Å². The van der Waals surface area contributed by atoms with Gasteiger partial charge in [0.25, 0.3) is 0 Å². The van der Waals surface area contributed by atoms with E-state index in [-0.39, 0.29) is 24.3 Å². The third-order valence-electron chi connectivity index (χ3n) is 3.97. The lowest BCUT2D eigenvalue weighted by Crippen LogP contribution is -2.65. The summed E-state index contributed by atoms with van der Waals surface area (Å²) in [5.41, 5.74) is -2.33. The highest BCUT2D eigenvalue weighted by atomic mass is 16.6. The molecule has 0 aromatic carbocycles. The molecular formula is C19H33N3O4. The first kappa shape index (κ1) is 22.0. The van der Waals surface area contributed by atoms with Gasteiger partial charge in [0.05, 0.1) is 6.54 Å². The van der Waals surface area contributed by atoms with Crippen molar-refractivity contribution in [2.75, 3.05) is 13.1 Å². The Morgan fingerprint density at radius 1 is 1.23 bits per heavy atom. The van der Waals surface area contributed by atoms with Gasteiger partial charge < -0.3 is 20.3 Å². The Morgan fingerprint density at radius 3 is 2.23 bits per heavy atom. The molecule has 1 saturated heterocycles. The van der Waals surface area contributed by atoms with Crippen LogP contribution < -0.4 is 10.6 Å². The molecule has 2 N–H and O–H groups in total. The summed E-state index contributed by atoms with van der Waals surface area (Å²) in [5.74, 6) is -0.925. The molecule has 7 nitrogen and oxygen atoms in total. The zero-order valence-electron chi connectivity index (χ0n) is 17.1. The smallest absolute Gasteiger partial charge is 0.410 e. The topological polar surface area (TPSA) is 87.7 Å². The average Bonchev–Trinajstić information content (AvgIpc) is 2.75. The minimum atomic E-state index is -1.22. The first-order valence-electron chi connectivity index (χ1n) is 8.90. The lowest BCUT2D eigenvalue weighted by Gasteiger charge is -2.36. The van der Waals surface area contributed by atoms with Crippen molar-refractivity contribution in [3.05, 3.63) is 12.7 Å². The molecular weight excluding hydrogens is 334 g/mol. The third kappa shape index (κ3) is 5.75. The fourth-order valence-electron chi connectivity index (χ4n) is 3.08. The first-order chi connectivity index (χ1) is 11.7. The summed E-state index contributed by atoms with van der Waals surface area (Å²) >= 11 is 0. The number of carbonyl (C=O) groups excluding carboxylic acids is 3. The van der Waals surface area contributed by atoms with Crippen molar-refractivity contribution in [2.45, 2.75) is 71.6 Å². The molecule has 2 atom stereocenters. The number of amides is 3. The number of rotatable bonds is 4. The largest absolute Gasteiger partial charge is 0.444 e. The standard InChI is InChI=1S/C19H33N3O4/c1-9-10-14-11-22(16(25)26-18(6,7)8)12-19(14,20-13(2)23)15(24)21-17(3,4)5/h9,14H,1,10-12H2,2-8H3,(H,20,23)(H,21,24)/t14-,19-/m1/s1.